The van der Waals surface area contributed by atoms with E-state index < -0.39 is 31.3 Å². The lowest BCUT2D eigenvalue weighted by Gasteiger charge is -2.30. The number of anilines is 1. The smallest absolute Gasteiger partial charge is 0.332 e. The van der Waals surface area contributed by atoms with Crippen LogP contribution in [0.2, 0.25) is 0 Å². The second-order valence-corrected chi connectivity index (χ2v) is 19.5. The minimum absolute atomic E-state index is 0.374. The van der Waals surface area contributed by atoms with Crippen molar-refractivity contribution in [2.45, 2.75) is 113 Å². The van der Waals surface area contributed by atoms with E-state index in [4.69, 9.17) is 28.0 Å². The largest absolute Gasteiger partial charge is 0.387 e. The van der Waals surface area contributed by atoms with Gasteiger partial charge in [0, 0.05) is 31.9 Å². The van der Waals surface area contributed by atoms with Gasteiger partial charge in [-0.2, -0.15) is 0 Å². The molecule has 8 rings (SSSR count). The van der Waals surface area contributed by atoms with Crippen LogP contribution in [-0.2, 0) is 71.4 Å². The molecule has 0 aromatic heterocycles. The summed E-state index contributed by atoms with van der Waals surface area (Å²) < 4.78 is 54.8. The molecule has 2 aliphatic heterocycles. The van der Waals surface area contributed by atoms with E-state index in [0.29, 0.717) is 51.9 Å². The van der Waals surface area contributed by atoms with Crippen molar-refractivity contribution >= 4 is 31.8 Å². The fraction of sp³-hybridized carbons (Fsp3) is 0.571. The van der Waals surface area contributed by atoms with Gasteiger partial charge in [0.2, 0.25) is 20.0 Å². The average Bonchev–Trinajstić information content (AvgIpc) is 4.00. The Balaban J connectivity index is 0.000000159. The maximum atomic E-state index is 12.7. The second kappa shape index (κ2) is 18.4. The number of urea groups is 1. The number of carbonyl (C=O) groups excluding carboxylic acids is 1. The van der Waals surface area contributed by atoms with Gasteiger partial charge in [0.1, 0.15) is 5.75 Å². The third-order valence-electron chi connectivity index (χ3n) is 12.1. The summed E-state index contributed by atoms with van der Waals surface area (Å²) in [7, 11) is -7.05. The van der Waals surface area contributed by atoms with Gasteiger partial charge in [-0.15, -0.1) is 18.1 Å². The molecule has 0 spiro atoms. The lowest BCUT2D eigenvalue weighted by atomic mass is 9.99. The Morgan fingerprint density at radius 1 is 0.714 bits per heavy atom. The molecular formula is C42H54N6O6S2. The Bertz CT molecular complexity index is 2070. The number of piperidine rings is 2. The molecule has 2 heterocycles. The van der Waals surface area contributed by atoms with Crippen molar-refractivity contribution in [3.05, 3.63) is 56.6 Å². The molecule has 0 unspecified atom stereocenters. The highest BCUT2D eigenvalue weighted by molar-refractivity contribution is 7.90. The van der Waals surface area contributed by atoms with Crippen molar-refractivity contribution in [3.8, 4) is 36.7 Å². The molecule has 2 amide bonds. The van der Waals surface area contributed by atoms with Crippen LogP contribution in [-0.4, -0.2) is 82.4 Å². The average molecular weight is 803 g/mol. The van der Waals surface area contributed by atoms with E-state index in [9.17, 15) is 21.6 Å². The van der Waals surface area contributed by atoms with Crippen LogP contribution < -0.4 is 19.9 Å². The van der Waals surface area contributed by atoms with E-state index in [2.05, 4.69) is 43.8 Å². The Morgan fingerprint density at radius 2 is 1.12 bits per heavy atom. The number of terminal acetylenes is 2. The lowest BCUT2D eigenvalue weighted by Crippen LogP contribution is -2.46. The number of hydrogen-bond acceptors (Lipinski definition) is 9. The van der Waals surface area contributed by atoms with E-state index in [0.717, 1.165) is 88.7 Å². The molecule has 56 heavy (non-hydrogen) atoms. The lowest BCUT2D eigenvalue weighted by molar-refractivity contribution is 0.251. The number of sulfonamides is 2. The SMILES string of the molecule is C#CCN1CCC(S(=O)(=O)NC(=O)Nc2c3c(cc4c2CCC4)CCC3)CC1.C#CCN1CCC(S(N)(=O)=O)CC1.N#COc1c2c(cc3c1CCC3)CCC2. The number of nitrogens with zero attached hydrogens (tertiary/aromatic N) is 3. The molecule has 300 valence electrons. The van der Waals surface area contributed by atoms with Gasteiger partial charge in [0.15, 0.2) is 0 Å². The van der Waals surface area contributed by atoms with Crippen molar-refractivity contribution in [2.75, 3.05) is 44.6 Å². The minimum Gasteiger partial charge on any atom is -0.387 e. The molecule has 2 fully saturated rings. The highest BCUT2D eigenvalue weighted by Crippen LogP contribution is 2.40. The normalized spacial score (nSPS) is 19.3. The van der Waals surface area contributed by atoms with Crippen molar-refractivity contribution < 1.29 is 26.4 Å². The summed E-state index contributed by atoms with van der Waals surface area (Å²) >= 11 is 0. The van der Waals surface area contributed by atoms with Gasteiger partial charge >= 0.3 is 6.03 Å². The zero-order valence-corrected chi connectivity index (χ0v) is 33.8. The summed E-state index contributed by atoms with van der Waals surface area (Å²) in [4.78, 5) is 16.7. The number of primary sulfonamides is 1. The van der Waals surface area contributed by atoms with Gasteiger partial charge in [-0.1, -0.05) is 24.0 Å². The molecule has 0 radical (unpaired) electrons. The maximum absolute atomic E-state index is 12.7. The summed E-state index contributed by atoms with van der Waals surface area (Å²) in [6, 6.07) is 3.99. The van der Waals surface area contributed by atoms with Gasteiger partial charge < -0.3 is 10.1 Å². The second-order valence-electron chi connectivity index (χ2n) is 15.7. The van der Waals surface area contributed by atoms with Crippen LogP contribution in [0.1, 0.15) is 95.9 Å². The summed E-state index contributed by atoms with van der Waals surface area (Å²) in [5.74, 6) is 6.03. The van der Waals surface area contributed by atoms with Crippen LogP contribution in [0.15, 0.2) is 12.1 Å². The molecule has 0 saturated carbocycles. The van der Waals surface area contributed by atoms with Gasteiger partial charge in [-0.25, -0.2) is 31.5 Å². The van der Waals surface area contributed by atoms with Crippen LogP contribution >= 0.6 is 0 Å². The van der Waals surface area contributed by atoms with E-state index in [1.54, 1.807) is 0 Å². The molecule has 6 aliphatic rings. The summed E-state index contributed by atoms with van der Waals surface area (Å²) in [5.41, 5.74) is 11.3. The highest BCUT2D eigenvalue weighted by atomic mass is 32.2. The number of rotatable bonds is 7. The Labute approximate surface area is 333 Å². The van der Waals surface area contributed by atoms with Crippen molar-refractivity contribution in [1.82, 2.24) is 14.5 Å². The third kappa shape index (κ3) is 9.88. The van der Waals surface area contributed by atoms with Crippen LogP contribution in [0.3, 0.4) is 0 Å². The molecule has 0 bridgehead atoms. The van der Waals surface area contributed by atoms with Gasteiger partial charge in [0.05, 0.1) is 23.6 Å². The fourth-order valence-electron chi connectivity index (χ4n) is 9.28. The van der Waals surface area contributed by atoms with Crippen molar-refractivity contribution in [3.63, 3.8) is 0 Å². The number of nitrogens with one attached hydrogen (secondary N) is 2. The number of ether oxygens (including phenoxy) is 1. The van der Waals surface area contributed by atoms with E-state index in [1.807, 2.05) is 6.26 Å². The first kappa shape index (κ1) is 41.5. The number of fused-ring (bicyclic) bond motifs is 4. The predicted molar refractivity (Wildman–Crippen MR) is 218 cm³/mol. The van der Waals surface area contributed by atoms with E-state index in [-0.39, 0.29) is 5.25 Å². The monoisotopic (exact) mass is 802 g/mol. The van der Waals surface area contributed by atoms with Crippen LogP contribution in [0.5, 0.6) is 5.75 Å². The van der Waals surface area contributed by atoms with Crippen molar-refractivity contribution in [2.24, 2.45) is 5.14 Å². The third-order valence-corrected chi connectivity index (χ3v) is 15.3. The number of likely N-dealkylation sites (tertiary alicyclic amines) is 2. The van der Waals surface area contributed by atoms with E-state index >= 15 is 0 Å². The maximum Gasteiger partial charge on any atom is 0.332 e. The number of benzene rings is 2. The molecule has 0 atom stereocenters. The molecule has 4 aliphatic carbocycles. The topological polar surface area (TPSA) is 175 Å². The number of nitrogens with two attached hydrogens (primary N) is 1. The first-order valence-corrected chi connectivity index (χ1v) is 23.1. The number of carbonyl (C=O) groups is 1. The number of amides is 2. The molecule has 2 saturated heterocycles. The first-order valence-electron chi connectivity index (χ1n) is 20.0. The highest BCUT2D eigenvalue weighted by Gasteiger charge is 2.33. The van der Waals surface area contributed by atoms with E-state index in [1.165, 1.54) is 57.3 Å². The summed E-state index contributed by atoms with van der Waals surface area (Å²) in [6.45, 7) is 3.85. The van der Waals surface area contributed by atoms with Gasteiger partial charge in [-0.05, 0) is 147 Å². The molecule has 2 aromatic rings. The molecular weight excluding hydrogens is 749 g/mol. The van der Waals surface area contributed by atoms with Crippen LogP contribution in [0.25, 0.3) is 0 Å². The number of aryl methyl sites for hydroxylation is 4. The van der Waals surface area contributed by atoms with Gasteiger partial charge in [0.25, 0.3) is 6.26 Å². The Kier molecular flexibility index (Phi) is 13.7. The molecule has 4 N–H and O–H groups in total. The Morgan fingerprint density at radius 3 is 1.54 bits per heavy atom. The van der Waals surface area contributed by atoms with Gasteiger partial charge in [-0.3, -0.25) is 9.80 Å². The minimum atomic E-state index is -3.71. The van der Waals surface area contributed by atoms with Crippen LogP contribution in [0.4, 0.5) is 10.5 Å². The summed E-state index contributed by atoms with van der Waals surface area (Å²) in [5, 5.41) is 15.7. The van der Waals surface area contributed by atoms with Crippen LogP contribution in [0, 0.1) is 36.2 Å². The number of hydrogen-bond donors (Lipinski definition) is 3. The molecule has 12 nitrogen and oxygen atoms in total. The quantitative estimate of drug-likeness (QED) is 0.275. The first-order chi connectivity index (χ1) is 26.9. The zero-order valence-electron chi connectivity index (χ0n) is 32.2. The molecule has 14 heteroatoms. The van der Waals surface area contributed by atoms with Crippen molar-refractivity contribution in [1.29, 1.82) is 5.26 Å². The summed E-state index contributed by atoms with van der Waals surface area (Å²) in [6.07, 6.45) is 27.5. The zero-order chi connectivity index (χ0) is 39.9. The fourth-order valence-corrected chi connectivity index (χ4v) is 11.5. The molecule has 2 aromatic carbocycles. The number of nitriles is 1. The standard InChI is InChI=1S/C21H27N3O3S.C13H13NO.C8H14N2O2S/c1-2-11-24-12-9-17(10-13-24)28(26,27)23-21(25)22-20-18-7-3-5-15(18)14-16-6-4-8-19(16)20;14-8-15-13-11-5-1-3-9(11)7-10-4-2-6-12(10)13;1-2-5-10-6-3-8(4-7-10)13(9,11)12/h1,14,17H,3-13H2,(H2,22,23,25);7H,1-6H2;1,8H,3-7H2,(H2,9,11,12). The Hall–Kier alpha value is -4.10. The predicted octanol–water partition coefficient (Wildman–Crippen LogP) is 4.11.